The standard InChI is InChI=1S/C18H24N4O3/c1-11(2)15-10-14(20-21(15)18(4,5)6)17(23)19-13-8-7-12(3)16(9-13)22(24)25/h7-11H,1-6H3,(H,19,23). The van der Waals surface area contributed by atoms with Crippen LogP contribution in [0.1, 0.15) is 62.3 Å². The van der Waals surface area contributed by atoms with Crippen LogP contribution in [-0.2, 0) is 5.54 Å². The quantitative estimate of drug-likeness (QED) is 0.664. The number of amides is 1. The van der Waals surface area contributed by atoms with Crippen LogP contribution < -0.4 is 5.32 Å². The lowest BCUT2D eigenvalue weighted by molar-refractivity contribution is -0.385. The molecule has 0 fully saturated rings. The van der Waals surface area contributed by atoms with Gasteiger partial charge in [-0.2, -0.15) is 5.10 Å². The number of nitrogens with zero attached hydrogens (tertiary/aromatic N) is 3. The molecule has 7 nitrogen and oxygen atoms in total. The molecule has 134 valence electrons. The molecule has 1 aromatic carbocycles. The lowest BCUT2D eigenvalue weighted by Crippen LogP contribution is -2.26. The molecular formula is C18H24N4O3. The first-order valence-corrected chi connectivity index (χ1v) is 8.17. The van der Waals surface area contributed by atoms with E-state index in [4.69, 9.17) is 0 Å². The number of aryl methyl sites for hydroxylation is 1. The first-order chi connectivity index (χ1) is 11.5. The number of carbonyl (C=O) groups is 1. The first-order valence-electron chi connectivity index (χ1n) is 8.17. The molecule has 2 rings (SSSR count). The Hall–Kier alpha value is -2.70. The molecule has 0 aliphatic heterocycles. The van der Waals surface area contributed by atoms with Crippen LogP contribution in [0.15, 0.2) is 24.3 Å². The smallest absolute Gasteiger partial charge is 0.276 e. The van der Waals surface area contributed by atoms with Crippen molar-refractivity contribution in [2.75, 3.05) is 5.32 Å². The molecule has 1 amide bonds. The van der Waals surface area contributed by atoms with Gasteiger partial charge in [0.05, 0.1) is 10.5 Å². The lowest BCUT2D eigenvalue weighted by atomic mass is 10.1. The molecule has 1 aromatic heterocycles. The van der Waals surface area contributed by atoms with Crippen LogP contribution in [0.3, 0.4) is 0 Å². The SMILES string of the molecule is Cc1ccc(NC(=O)c2cc(C(C)C)n(C(C)(C)C)n2)cc1[N+](=O)[O-]. The van der Waals surface area contributed by atoms with E-state index in [1.165, 1.54) is 6.07 Å². The second-order valence-corrected chi connectivity index (χ2v) is 7.40. The minimum atomic E-state index is -0.462. The van der Waals surface area contributed by atoms with Crippen molar-refractivity contribution in [3.8, 4) is 0 Å². The van der Waals surface area contributed by atoms with Crippen molar-refractivity contribution in [3.63, 3.8) is 0 Å². The fourth-order valence-electron chi connectivity index (χ4n) is 2.53. The molecule has 0 unspecified atom stereocenters. The Morgan fingerprint density at radius 2 is 1.92 bits per heavy atom. The van der Waals surface area contributed by atoms with E-state index in [1.54, 1.807) is 25.1 Å². The van der Waals surface area contributed by atoms with Crippen molar-refractivity contribution in [1.29, 1.82) is 0 Å². The number of hydrogen-bond acceptors (Lipinski definition) is 4. The lowest BCUT2D eigenvalue weighted by Gasteiger charge is -2.23. The normalized spacial score (nSPS) is 11.6. The van der Waals surface area contributed by atoms with Gasteiger partial charge in [0.15, 0.2) is 5.69 Å². The zero-order chi connectivity index (χ0) is 18.9. The van der Waals surface area contributed by atoms with Crippen molar-refractivity contribution in [2.24, 2.45) is 0 Å². The van der Waals surface area contributed by atoms with Gasteiger partial charge in [0.1, 0.15) is 0 Å². The summed E-state index contributed by atoms with van der Waals surface area (Å²) in [5.74, 6) is -0.170. The molecule has 2 aromatic rings. The van der Waals surface area contributed by atoms with Crippen LogP contribution in [0.5, 0.6) is 0 Å². The van der Waals surface area contributed by atoms with E-state index in [0.717, 1.165) is 5.69 Å². The molecule has 0 aliphatic rings. The third kappa shape index (κ3) is 4.04. The summed E-state index contributed by atoms with van der Waals surface area (Å²) in [6, 6.07) is 6.39. The van der Waals surface area contributed by atoms with Crippen molar-refractivity contribution >= 4 is 17.3 Å². The maximum absolute atomic E-state index is 12.5. The van der Waals surface area contributed by atoms with E-state index in [9.17, 15) is 14.9 Å². The number of aromatic nitrogens is 2. The summed E-state index contributed by atoms with van der Waals surface area (Å²) in [4.78, 5) is 23.1. The number of hydrogen-bond donors (Lipinski definition) is 1. The molecule has 1 N–H and O–H groups in total. The van der Waals surface area contributed by atoms with Gasteiger partial charge in [0, 0.05) is 23.0 Å². The second kappa shape index (κ2) is 6.66. The average molecular weight is 344 g/mol. The van der Waals surface area contributed by atoms with Crippen molar-refractivity contribution in [1.82, 2.24) is 9.78 Å². The molecule has 0 saturated carbocycles. The predicted molar refractivity (Wildman–Crippen MR) is 97.1 cm³/mol. The molecule has 0 spiro atoms. The molecule has 7 heteroatoms. The largest absolute Gasteiger partial charge is 0.320 e. The van der Waals surface area contributed by atoms with Gasteiger partial charge in [-0.25, -0.2) is 0 Å². The Labute approximate surface area is 147 Å². The van der Waals surface area contributed by atoms with Crippen LogP contribution in [0, 0.1) is 17.0 Å². The Balaban J connectivity index is 2.33. The average Bonchev–Trinajstić information content (AvgIpc) is 2.94. The number of rotatable bonds is 4. The highest BCUT2D eigenvalue weighted by Crippen LogP contribution is 2.25. The van der Waals surface area contributed by atoms with Crippen LogP contribution >= 0.6 is 0 Å². The predicted octanol–water partition coefficient (Wildman–Crippen LogP) is 4.23. The molecule has 0 atom stereocenters. The molecule has 0 radical (unpaired) electrons. The van der Waals surface area contributed by atoms with E-state index in [0.29, 0.717) is 16.9 Å². The van der Waals surface area contributed by atoms with Crippen LogP contribution in [0.25, 0.3) is 0 Å². The summed E-state index contributed by atoms with van der Waals surface area (Å²) < 4.78 is 1.85. The summed E-state index contributed by atoms with van der Waals surface area (Å²) in [6.45, 7) is 11.8. The highest BCUT2D eigenvalue weighted by molar-refractivity contribution is 6.03. The van der Waals surface area contributed by atoms with Gasteiger partial charge in [-0.3, -0.25) is 19.6 Å². The van der Waals surface area contributed by atoms with Crippen LogP contribution in [-0.4, -0.2) is 20.6 Å². The molecule has 1 heterocycles. The monoisotopic (exact) mass is 344 g/mol. The molecular weight excluding hydrogens is 320 g/mol. The molecule has 0 bridgehead atoms. The fraction of sp³-hybridized carbons (Fsp3) is 0.444. The van der Waals surface area contributed by atoms with Gasteiger partial charge in [0.25, 0.3) is 11.6 Å². The van der Waals surface area contributed by atoms with Gasteiger partial charge in [0.2, 0.25) is 0 Å². The summed E-state index contributed by atoms with van der Waals surface area (Å²) in [7, 11) is 0. The van der Waals surface area contributed by atoms with Gasteiger partial charge in [-0.15, -0.1) is 0 Å². The Morgan fingerprint density at radius 1 is 1.28 bits per heavy atom. The number of benzene rings is 1. The number of nitrogens with one attached hydrogen (secondary N) is 1. The highest BCUT2D eigenvalue weighted by atomic mass is 16.6. The van der Waals surface area contributed by atoms with Crippen molar-refractivity contribution < 1.29 is 9.72 Å². The summed E-state index contributed by atoms with van der Waals surface area (Å²) >= 11 is 0. The Morgan fingerprint density at radius 3 is 2.40 bits per heavy atom. The summed E-state index contributed by atoms with van der Waals surface area (Å²) in [5, 5.41) is 18.2. The fourth-order valence-corrected chi connectivity index (χ4v) is 2.53. The van der Waals surface area contributed by atoms with E-state index in [2.05, 4.69) is 10.4 Å². The number of carbonyl (C=O) groups excluding carboxylic acids is 1. The van der Waals surface area contributed by atoms with E-state index < -0.39 is 4.92 Å². The number of nitro benzene ring substituents is 1. The van der Waals surface area contributed by atoms with Gasteiger partial charge < -0.3 is 5.32 Å². The van der Waals surface area contributed by atoms with Gasteiger partial charge in [-0.05, 0) is 45.7 Å². The zero-order valence-corrected chi connectivity index (χ0v) is 15.5. The summed E-state index contributed by atoms with van der Waals surface area (Å²) in [6.07, 6.45) is 0. The van der Waals surface area contributed by atoms with E-state index in [-0.39, 0.29) is 23.1 Å². The second-order valence-electron chi connectivity index (χ2n) is 7.40. The van der Waals surface area contributed by atoms with Gasteiger partial charge in [-0.1, -0.05) is 19.9 Å². The zero-order valence-electron chi connectivity index (χ0n) is 15.5. The molecule has 25 heavy (non-hydrogen) atoms. The Kier molecular flexibility index (Phi) is 4.97. The highest BCUT2D eigenvalue weighted by Gasteiger charge is 2.24. The van der Waals surface area contributed by atoms with E-state index >= 15 is 0 Å². The first kappa shape index (κ1) is 18.6. The maximum Gasteiger partial charge on any atom is 0.276 e. The van der Waals surface area contributed by atoms with Gasteiger partial charge >= 0.3 is 0 Å². The topological polar surface area (TPSA) is 90.1 Å². The Bertz CT molecular complexity index is 816. The van der Waals surface area contributed by atoms with E-state index in [1.807, 2.05) is 39.3 Å². The maximum atomic E-state index is 12.5. The molecule has 0 aliphatic carbocycles. The van der Waals surface area contributed by atoms with Crippen LogP contribution in [0.4, 0.5) is 11.4 Å². The minimum absolute atomic E-state index is 0.0270. The third-order valence-electron chi connectivity index (χ3n) is 3.86. The third-order valence-corrected chi connectivity index (χ3v) is 3.86. The van der Waals surface area contributed by atoms with Crippen molar-refractivity contribution in [3.05, 3.63) is 51.3 Å². The minimum Gasteiger partial charge on any atom is -0.320 e. The summed E-state index contributed by atoms with van der Waals surface area (Å²) in [5.41, 5.74) is 1.90. The number of anilines is 1. The molecule has 0 saturated heterocycles. The van der Waals surface area contributed by atoms with Crippen molar-refractivity contribution in [2.45, 2.75) is 53.0 Å². The number of nitro groups is 1. The van der Waals surface area contributed by atoms with Crippen LogP contribution in [0.2, 0.25) is 0 Å².